The zero-order valence-corrected chi connectivity index (χ0v) is 12.3. The highest BCUT2D eigenvalue weighted by molar-refractivity contribution is 6.29. The first kappa shape index (κ1) is 13.6. The van der Waals surface area contributed by atoms with E-state index in [1.165, 1.54) is 6.20 Å². The Morgan fingerprint density at radius 2 is 2.10 bits per heavy atom. The lowest BCUT2D eigenvalue weighted by atomic mass is 10.2. The molecule has 0 atom stereocenters. The van der Waals surface area contributed by atoms with E-state index in [1.807, 2.05) is 24.6 Å². The third-order valence-corrected chi connectivity index (χ3v) is 3.58. The molecular weight excluding hydrogens is 288 g/mol. The second kappa shape index (κ2) is 5.18. The molecule has 0 aliphatic heterocycles. The van der Waals surface area contributed by atoms with Crippen LogP contribution in [0.15, 0.2) is 36.5 Å². The number of imidazole rings is 1. The molecule has 0 fully saturated rings. The van der Waals surface area contributed by atoms with Gasteiger partial charge < -0.3 is 9.88 Å². The van der Waals surface area contributed by atoms with Crippen LogP contribution in [-0.4, -0.2) is 20.4 Å². The summed E-state index contributed by atoms with van der Waals surface area (Å²) in [5.41, 5.74) is 2.95. The van der Waals surface area contributed by atoms with E-state index >= 15 is 0 Å². The lowest BCUT2D eigenvalue weighted by Crippen LogP contribution is -2.11. The molecule has 6 heteroatoms. The maximum absolute atomic E-state index is 12.2. The van der Waals surface area contributed by atoms with E-state index in [0.29, 0.717) is 16.4 Å². The number of hydrogen-bond donors (Lipinski definition) is 1. The standard InChI is InChI=1S/C15H13ClN4O/c1-9-18-12-7-10(3-5-13(12)20(9)2)15(21)19-11-4-6-14(16)17-8-11/h3-8H,1-2H3,(H,19,21). The highest BCUT2D eigenvalue weighted by Gasteiger charge is 2.10. The first-order valence-electron chi connectivity index (χ1n) is 6.40. The van der Waals surface area contributed by atoms with Crippen molar-refractivity contribution >= 4 is 34.2 Å². The Bertz CT molecular complexity index is 824. The average molecular weight is 301 g/mol. The van der Waals surface area contributed by atoms with Gasteiger partial charge in [0.2, 0.25) is 0 Å². The Balaban J connectivity index is 1.89. The number of fused-ring (bicyclic) bond motifs is 1. The van der Waals surface area contributed by atoms with Gasteiger partial charge in [0, 0.05) is 12.6 Å². The number of benzene rings is 1. The Morgan fingerprint density at radius 3 is 2.81 bits per heavy atom. The molecule has 0 aliphatic rings. The van der Waals surface area contributed by atoms with Gasteiger partial charge in [0.1, 0.15) is 11.0 Å². The fraction of sp³-hybridized carbons (Fsp3) is 0.133. The van der Waals surface area contributed by atoms with E-state index in [0.717, 1.165) is 16.9 Å². The minimum absolute atomic E-state index is 0.204. The van der Waals surface area contributed by atoms with E-state index < -0.39 is 0 Å². The molecule has 3 rings (SSSR count). The van der Waals surface area contributed by atoms with E-state index in [4.69, 9.17) is 11.6 Å². The summed E-state index contributed by atoms with van der Waals surface area (Å²) >= 11 is 5.71. The van der Waals surface area contributed by atoms with Gasteiger partial charge in [-0.3, -0.25) is 4.79 Å². The molecule has 2 aromatic heterocycles. The summed E-state index contributed by atoms with van der Waals surface area (Å²) in [7, 11) is 1.95. The fourth-order valence-corrected chi connectivity index (χ4v) is 2.23. The van der Waals surface area contributed by atoms with Crippen molar-refractivity contribution in [2.45, 2.75) is 6.92 Å². The number of hydrogen-bond acceptors (Lipinski definition) is 3. The van der Waals surface area contributed by atoms with Crippen molar-refractivity contribution < 1.29 is 4.79 Å². The van der Waals surface area contributed by atoms with Gasteiger partial charge in [-0.15, -0.1) is 0 Å². The summed E-state index contributed by atoms with van der Waals surface area (Å²) in [6.45, 7) is 1.93. The van der Waals surface area contributed by atoms with Gasteiger partial charge in [-0.1, -0.05) is 11.6 Å². The highest BCUT2D eigenvalue weighted by atomic mass is 35.5. The third kappa shape index (κ3) is 2.60. The quantitative estimate of drug-likeness (QED) is 0.739. The zero-order valence-electron chi connectivity index (χ0n) is 11.6. The van der Waals surface area contributed by atoms with E-state index in [1.54, 1.807) is 24.3 Å². The van der Waals surface area contributed by atoms with Crippen LogP contribution in [-0.2, 0) is 7.05 Å². The van der Waals surface area contributed by atoms with Crippen LogP contribution in [0.3, 0.4) is 0 Å². The maximum atomic E-state index is 12.2. The number of aryl methyl sites for hydroxylation is 2. The number of nitrogens with zero attached hydrogens (tertiary/aromatic N) is 3. The minimum atomic E-state index is -0.204. The van der Waals surface area contributed by atoms with Crippen LogP contribution in [0.2, 0.25) is 5.15 Å². The van der Waals surface area contributed by atoms with E-state index in [-0.39, 0.29) is 5.91 Å². The van der Waals surface area contributed by atoms with Crippen LogP contribution in [0, 0.1) is 6.92 Å². The van der Waals surface area contributed by atoms with Gasteiger partial charge in [0.15, 0.2) is 0 Å². The van der Waals surface area contributed by atoms with Gasteiger partial charge in [-0.2, -0.15) is 0 Å². The fourth-order valence-electron chi connectivity index (χ4n) is 2.11. The molecule has 5 nitrogen and oxygen atoms in total. The summed E-state index contributed by atoms with van der Waals surface area (Å²) < 4.78 is 1.99. The lowest BCUT2D eigenvalue weighted by molar-refractivity contribution is 0.102. The summed E-state index contributed by atoms with van der Waals surface area (Å²) in [4.78, 5) is 20.6. The van der Waals surface area contributed by atoms with Crippen molar-refractivity contribution in [3.63, 3.8) is 0 Å². The number of carbonyl (C=O) groups excluding carboxylic acids is 1. The van der Waals surface area contributed by atoms with Crippen LogP contribution in [0.5, 0.6) is 0 Å². The van der Waals surface area contributed by atoms with Gasteiger partial charge in [-0.25, -0.2) is 9.97 Å². The molecule has 0 saturated carbocycles. The summed E-state index contributed by atoms with van der Waals surface area (Å²) in [5.74, 6) is 0.703. The molecule has 1 aromatic carbocycles. The molecule has 1 N–H and O–H groups in total. The number of carbonyl (C=O) groups is 1. The topological polar surface area (TPSA) is 59.8 Å². The number of anilines is 1. The van der Waals surface area contributed by atoms with Crippen molar-refractivity contribution in [3.8, 4) is 0 Å². The molecule has 1 amide bonds. The maximum Gasteiger partial charge on any atom is 0.255 e. The molecule has 106 valence electrons. The molecule has 0 spiro atoms. The number of aromatic nitrogens is 3. The van der Waals surface area contributed by atoms with Gasteiger partial charge >= 0.3 is 0 Å². The average Bonchev–Trinajstić information content (AvgIpc) is 2.76. The summed E-state index contributed by atoms with van der Waals surface area (Å²) in [6.07, 6.45) is 1.52. The van der Waals surface area contributed by atoms with Crippen LogP contribution in [0.25, 0.3) is 11.0 Å². The predicted octanol–water partition coefficient (Wildman–Crippen LogP) is 3.18. The molecule has 0 unspecified atom stereocenters. The van der Waals surface area contributed by atoms with Crippen LogP contribution in [0.1, 0.15) is 16.2 Å². The smallest absolute Gasteiger partial charge is 0.255 e. The van der Waals surface area contributed by atoms with Crippen LogP contribution >= 0.6 is 11.6 Å². The van der Waals surface area contributed by atoms with Crippen molar-refractivity contribution in [1.82, 2.24) is 14.5 Å². The lowest BCUT2D eigenvalue weighted by Gasteiger charge is -2.05. The van der Waals surface area contributed by atoms with E-state index in [2.05, 4.69) is 15.3 Å². The molecular formula is C15H13ClN4O. The number of rotatable bonds is 2. The van der Waals surface area contributed by atoms with Crippen molar-refractivity contribution in [2.24, 2.45) is 7.05 Å². The highest BCUT2D eigenvalue weighted by Crippen LogP contribution is 2.18. The van der Waals surface area contributed by atoms with Gasteiger partial charge in [-0.05, 0) is 37.3 Å². The number of pyridine rings is 1. The SMILES string of the molecule is Cc1nc2cc(C(=O)Nc3ccc(Cl)nc3)ccc2n1C. The number of amides is 1. The molecule has 2 heterocycles. The van der Waals surface area contributed by atoms with Crippen LogP contribution < -0.4 is 5.32 Å². The zero-order chi connectivity index (χ0) is 15.0. The van der Waals surface area contributed by atoms with Crippen molar-refractivity contribution in [2.75, 3.05) is 5.32 Å². The molecule has 0 radical (unpaired) electrons. The van der Waals surface area contributed by atoms with Gasteiger partial charge in [0.05, 0.1) is 22.9 Å². The minimum Gasteiger partial charge on any atom is -0.331 e. The second-order valence-corrected chi connectivity index (χ2v) is 5.13. The van der Waals surface area contributed by atoms with Crippen molar-refractivity contribution in [3.05, 3.63) is 53.1 Å². The van der Waals surface area contributed by atoms with Gasteiger partial charge in [0.25, 0.3) is 5.91 Å². The second-order valence-electron chi connectivity index (χ2n) is 4.75. The van der Waals surface area contributed by atoms with Crippen molar-refractivity contribution in [1.29, 1.82) is 0 Å². The Labute approximate surface area is 126 Å². The van der Waals surface area contributed by atoms with Crippen LogP contribution in [0.4, 0.5) is 5.69 Å². The Hall–Kier alpha value is -2.40. The number of nitrogens with one attached hydrogen (secondary N) is 1. The molecule has 0 saturated heterocycles. The molecule has 21 heavy (non-hydrogen) atoms. The monoisotopic (exact) mass is 300 g/mol. The largest absolute Gasteiger partial charge is 0.331 e. The summed E-state index contributed by atoms with van der Waals surface area (Å²) in [6, 6.07) is 8.78. The van der Waals surface area contributed by atoms with E-state index in [9.17, 15) is 4.79 Å². The predicted molar refractivity (Wildman–Crippen MR) is 82.7 cm³/mol. The molecule has 0 aliphatic carbocycles. The molecule has 0 bridgehead atoms. The first-order valence-corrected chi connectivity index (χ1v) is 6.78. The summed E-state index contributed by atoms with van der Waals surface area (Å²) in [5, 5.41) is 3.16. The first-order chi connectivity index (χ1) is 10.0. The Kier molecular flexibility index (Phi) is 3.35. The Morgan fingerprint density at radius 1 is 1.29 bits per heavy atom. The number of halogens is 1. The third-order valence-electron chi connectivity index (χ3n) is 3.35. The normalized spacial score (nSPS) is 10.8. The molecule has 3 aromatic rings.